The van der Waals surface area contributed by atoms with Crippen molar-refractivity contribution in [2.24, 2.45) is 5.92 Å². The molecule has 1 aromatic carbocycles. The largest absolute Gasteiger partial charge is 0.323 e. The molecule has 1 atom stereocenters. The molecule has 0 aromatic heterocycles. The number of hydrogen-bond donors (Lipinski definition) is 1. The van der Waals surface area contributed by atoms with Gasteiger partial charge in [0.25, 0.3) is 0 Å². The predicted octanol–water partition coefficient (Wildman–Crippen LogP) is 2.81. The van der Waals surface area contributed by atoms with E-state index >= 15 is 0 Å². The van der Waals surface area contributed by atoms with Gasteiger partial charge in [-0.2, -0.15) is 11.8 Å². The van der Waals surface area contributed by atoms with Crippen molar-refractivity contribution < 1.29 is 9.59 Å². The third kappa shape index (κ3) is 3.63. The van der Waals surface area contributed by atoms with E-state index in [0.29, 0.717) is 5.92 Å². The van der Waals surface area contributed by atoms with Crippen LogP contribution in [0.2, 0.25) is 0 Å². The van der Waals surface area contributed by atoms with Gasteiger partial charge in [0.15, 0.2) is 0 Å². The standard InChI is InChI=1S/C17H23N3O2S/c1-12-10-19(7-8-23-11-12)17(22)18-15-3-4-16-14(9-15)5-6-20(16)13(2)21/h3-4,9,12H,5-8,10-11H2,1-2H3,(H,18,22)/t12-/m0/s1. The maximum atomic E-state index is 12.5. The number of thioether (sulfide) groups is 1. The fraction of sp³-hybridized carbons (Fsp3) is 0.529. The summed E-state index contributed by atoms with van der Waals surface area (Å²) in [6, 6.07) is 5.78. The Kier molecular flexibility index (Phi) is 4.80. The van der Waals surface area contributed by atoms with Crippen LogP contribution in [0.25, 0.3) is 0 Å². The first-order valence-corrected chi connectivity index (χ1v) is 9.25. The van der Waals surface area contributed by atoms with Crippen molar-refractivity contribution in [3.8, 4) is 0 Å². The minimum Gasteiger partial charge on any atom is -0.323 e. The normalized spacial score (nSPS) is 20.9. The second kappa shape index (κ2) is 6.83. The Balaban J connectivity index is 1.69. The van der Waals surface area contributed by atoms with Gasteiger partial charge in [0.05, 0.1) is 0 Å². The third-order valence-electron chi connectivity index (χ3n) is 4.33. The summed E-state index contributed by atoms with van der Waals surface area (Å²) >= 11 is 1.91. The first-order valence-electron chi connectivity index (χ1n) is 8.09. The van der Waals surface area contributed by atoms with Crippen molar-refractivity contribution in [1.82, 2.24) is 4.90 Å². The van der Waals surface area contributed by atoms with Crippen LogP contribution < -0.4 is 10.2 Å². The average molecular weight is 333 g/mol. The zero-order chi connectivity index (χ0) is 16.4. The van der Waals surface area contributed by atoms with E-state index in [4.69, 9.17) is 0 Å². The summed E-state index contributed by atoms with van der Waals surface area (Å²) in [4.78, 5) is 27.8. The summed E-state index contributed by atoms with van der Waals surface area (Å²) in [7, 11) is 0. The van der Waals surface area contributed by atoms with Crippen molar-refractivity contribution in [2.75, 3.05) is 41.4 Å². The van der Waals surface area contributed by atoms with Gasteiger partial charge in [-0.3, -0.25) is 4.79 Å². The number of nitrogens with zero attached hydrogens (tertiary/aromatic N) is 2. The lowest BCUT2D eigenvalue weighted by Crippen LogP contribution is -2.38. The summed E-state index contributed by atoms with van der Waals surface area (Å²) < 4.78 is 0. The number of carbonyl (C=O) groups is 2. The van der Waals surface area contributed by atoms with Crippen LogP contribution in [0, 0.1) is 5.92 Å². The Bertz CT molecular complexity index is 620. The lowest BCUT2D eigenvalue weighted by molar-refractivity contribution is -0.116. The molecule has 0 radical (unpaired) electrons. The number of nitrogens with one attached hydrogen (secondary N) is 1. The summed E-state index contributed by atoms with van der Waals surface area (Å²) in [5.74, 6) is 2.70. The number of anilines is 2. The van der Waals surface area contributed by atoms with Crippen LogP contribution in [-0.4, -0.2) is 48.0 Å². The Labute approximate surface area is 141 Å². The van der Waals surface area contributed by atoms with E-state index < -0.39 is 0 Å². The monoisotopic (exact) mass is 333 g/mol. The predicted molar refractivity (Wildman–Crippen MR) is 95.3 cm³/mol. The zero-order valence-corrected chi connectivity index (χ0v) is 14.5. The fourth-order valence-corrected chi connectivity index (χ4v) is 4.20. The van der Waals surface area contributed by atoms with E-state index in [1.54, 1.807) is 11.8 Å². The van der Waals surface area contributed by atoms with Crippen LogP contribution in [0.5, 0.6) is 0 Å². The van der Waals surface area contributed by atoms with Gasteiger partial charge in [-0.1, -0.05) is 6.92 Å². The van der Waals surface area contributed by atoms with Crippen LogP contribution in [0.3, 0.4) is 0 Å². The van der Waals surface area contributed by atoms with Crippen molar-refractivity contribution >= 4 is 35.1 Å². The summed E-state index contributed by atoms with van der Waals surface area (Å²) in [5, 5.41) is 3.01. The number of fused-ring (bicyclic) bond motifs is 1. The van der Waals surface area contributed by atoms with Gasteiger partial charge in [-0.25, -0.2) is 4.79 Å². The Hall–Kier alpha value is -1.69. The molecule has 2 aliphatic heterocycles. The molecule has 3 amide bonds. The quantitative estimate of drug-likeness (QED) is 0.860. The van der Waals surface area contributed by atoms with Gasteiger partial charge in [0.2, 0.25) is 5.91 Å². The highest BCUT2D eigenvalue weighted by molar-refractivity contribution is 7.99. The summed E-state index contributed by atoms with van der Waals surface area (Å²) in [6.45, 7) is 6.10. The van der Waals surface area contributed by atoms with Gasteiger partial charge >= 0.3 is 6.03 Å². The summed E-state index contributed by atoms with van der Waals surface area (Å²) in [6.07, 6.45) is 0.843. The second-order valence-electron chi connectivity index (χ2n) is 6.32. The number of urea groups is 1. The molecular weight excluding hydrogens is 310 g/mol. The molecule has 1 fully saturated rings. The van der Waals surface area contributed by atoms with E-state index in [9.17, 15) is 9.59 Å². The van der Waals surface area contributed by atoms with Gasteiger partial charge in [-0.15, -0.1) is 0 Å². The Morgan fingerprint density at radius 1 is 1.30 bits per heavy atom. The number of amides is 3. The van der Waals surface area contributed by atoms with Gasteiger partial charge in [0.1, 0.15) is 0 Å². The van der Waals surface area contributed by atoms with Crippen molar-refractivity contribution in [2.45, 2.75) is 20.3 Å². The molecule has 0 aliphatic carbocycles. The molecule has 1 N–H and O–H groups in total. The highest BCUT2D eigenvalue weighted by Crippen LogP contribution is 2.30. The molecule has 23 heavy (non-hydrogen) atoms. The van der Waals surface area contributed by atoms with Gasteiger partial charge in [0, 0.05) is 43.7 Å². The number of hydrogen-bond acceptors (Lipinski definition) is 3. The van der Waals surface area contributed by atoms with Crippen LogP contribution in [0.4, 0.5) is 16.2 Å². The maximum absolute atomic E-state index is 12.5. The van der Waals surface area contributed by atoms with E-state index in [-0.39, 0.29) is 11.9 Å². The number of carbonyl (C=O) groups excluding carboxylic acids is 2. The number of benzene rings is 1. The SMILES string of the molecule is CC(=O)N1CCc2cc(NC(=O)N3CCSC[C@@H](C)C3)ccc21. The molecule has 0 unspecified atom stereocenters. The first-order chi connectivity index (χ1) is 11.0. The van der Waals surface area contributed by atoms with Crippen LogP contribution >= 0.6 is 11.8 Å². The smallest absolute Gasteiger partial charge is 0.321 e. The molecule has 1 aromatic rings. The highest BCUT2D eigenvalue weighted by atomic mass is 32.2. The zero-order valence-electron chi connectivity index (χ0n) is 13.7. The molecule has 2 aliphatic rings. The average Bonchev–Trinajstić information content (AvgIpc) is 2.81. The molecule has 6 heteroatoms. The maximum Gasteiger partial charge on any atom is 0.321 e. The van der Waals surface area contributed by atoms with Gasteiger partial charge in [-0.05, 0) is 41.9 Å². The minimum atomic E-state index is -0.0271. The molecule has 0 bridgehead atoms. The third-order valence-corrected chi connectivity index (χ3v) is 5.61. The molecule has 1 saturated heterocycles. The lowest BCUT2D eigenvalue weighted by Gasteiger charge is -2.23. The van der Waals surface area contributed by atoms with Crippen LogP contribution in [0.1, 0.15) is 19.4 Å². The second-order valence-corrected chi connectivity index (χ2v) is 7.47. The first kappa shape index (κ1) is 16.2. The molecule has 5 nitrogen and oxygen atoms in total. The lowest BCUT2D eigenvalue weighted by atomic mass is 10.1. The highest BCUT2D eigenvalue weighted by Gasteiger charge is 2.23. The van der Waals surface area contributed by atoms with Crippen molar-refractivity contribution in [3.63, 3.8) is 0 Å². The summed E-state index contributed by atoms with van der Waals surface area (Å²) in [5.41, 5.74) is 2.90. The minimum absolute atomic E-state index is 0.0271. The van der Waals surface area contributed by atoms with Crippen molar-refractivity contribution in [1.29, 1.82) is 0 Å². The topological polar surface area (TPSA) is 52.7 Å². The van der Waals surface area contributed by atoms with Gasteiger partial charge < -0.3 is 15.1 Å². The Morgan fingerprint density at radius 3 is 2.91 bits per heavy atom. The van der Waals surface area contributed by atoms with Crippen molar-refractivity contribution in [3.05, 3.63) is 23.8 Å². The van der Waals surface area contributed by atoms with E-state index in [0.717, 1.165) is 54.5 Å². The van der Waals surface area contributed by atoms with E-state index in [1.807, 2.05) is 34.9 Å². The molecule has 2 heterocycles. The van der Waals surface area contributed by atoms with Crippen LogP contribution in [-0.2, 0) is 11.2 Å². The molecule has 3 rings (SSSR count). The molecular formula is C17H23N3O2S. The van der Waals surface area contributed by atoms with E-state index in [1.165, 1.54) is 0 Å². The Morgan fingerprint density at radius 2 is 2.13 bits per heavy atom. The molecule has 0 spiro atoms. The number of rotatable bonds is 1. The molecule has 124 valence electrons. The van der Waals surface area contributed by atoms with Crippen LogP contribution in [0.15, 0.2) is 18.2 Å². The van der Waals surface area contributed by atoms with E-state index in [2.05, 4.69) is 12.2 Å². The molecule has 0 saturated carbocycles. The fourth-order valence-electron chi connectivity index (χ4n) is 3.17.